The number of aromatic nitrogens is 2. The molecule has 3 aliphatic rings. The summed E-state index contributed by atoms with van der Waals surface area (Å²) in [6.45, 7) is 0.610. The minimum atomic E-state index is 0.172. The highest BCUT2D eigenvalue weighted by Crippen LogP contribution is 2.48. The Morgan fingerprint density at radius 2 is 2.24 bits per heavy atom. The first-order valence-corrected chi connectivity index (χ1v) is 8.17. The van der Waals surface area contributed by atoms with Gasteiger partial charge in [0.2, 0.25) is 5.91 Å². The minimum absolute atomic E-state index is 0.172. The molecule has 1 aromatic heterocycles. The van der Waals surface area contributed by atoms with Gasteiger partial charge in [-0.25, -0.2) is 0 Å². The molecule has 1 amide bonds. The third kappa shape index (κ3) is 2.27. The molecule has 5 heteroatoms. The number of carbonyl (C=O) groups excluding carboxylic acids is 1. The van der Waals surface area contributed by atoms with Crippen LogP contribution in [0.25, 0.3) is 0 Å². The number of rotatable bonds is 4. The van der Waals surface area contributed by atoms with E-state index in [1.165, 1.54) is 24.1 Å². The van der Waals surface area contributed by atoms with Crippen LogP contribution < -0.4 is 11.1 Å². The van der Waals surface area contributed by atoms with E-state index in [0.29, 0.717) is 30.3 Å². The van der Waals surface area contributed by atoms with E-state index in [0.717, 1.165) is 19.3 Å². The summed E-state index contributed by atoms with van der Waals surface area (Å²) in [6, 6.07) is 0.339. The van der Waals surface area contributed by atoms with Gasteiger partial charge in [-0.2, -0.15) is 5.10 Å². The Bertz CT molecular complexity index is 563. The van der Waals surface area contributed by atoms with Crippen molar-refractivity contribution in [1.29, 1.82) is 0 Å². The van der Waals surface area contributed by atoms with Gasteiger partial charge in [0, 0.05) is 19.0 Å². The molecule has 4 unspecified atom stereocenters. The smallest absolute Gasteiger partial charge is 0.223 e. The van der Waals surface area contributed by atoms with Crippen LogP contribution >= 0.6 is 0 Å². The predicted octanol–water partition coefficient (Wildman–Crippen LogP) is 1.29. The molecule has 0 bridgehead atoms. The highest BCUT2D eigenvalue weighted by atomic mass is 16.1. The number of nitrogens with zero attached hydrogens (tertiary/aromatic N) is 2. The van der Waals surface area contributed by atoms with Gasteiger partial charge in [0.05, 0.1) is 18.4 Å². The van der Waals surface area contributed by atoms with Gasteiger partial charge in [0.1, 0.15) is 0 Å². The molecule has 0 aliphatic heterocycles. The number of aryl methyl sites for hydroxylation is 1. The second kappa shape index (κ2) is 4.83. The van der Waals surface area contributed by atoms with E-state index in [4.69, 9.17) is 5.73 Å². The highest BCUT2D eigenvalue weighted by Gasteiger charge is 2.47. The molecule has 3 aliphatic carbocycles. The molecule has 4 atom stereocenters. The number of hydrogen-bond acceptors (Lipinski definition) is 3. The number of hydrogen-bond donors (Lipinski definition) is 2. The van der Waals surface area contributed by atoms with Crippen LogP contribution in [0, 0.1) is 17.8 Å². The highest BCUT2D eigenvalue weighted by molar-refractivity contribution is 5.79. The maximum atomic E-state index is 12.4. The molecule has 3 fully saturated rings. The third-order valence-corrected chi connectivity index (χ3v) is 5.79. The molecular weight excluding hydrogens is 264 g/mol. The zero-order valence-corrected chi connectivity index (χ0v) is 12.6. The van der Waals surface area contributed by atoms with Crippen LogP contribution in [0.1, 0.15) is 49.3 Å². The average Bonchev–Trinajstić information content (AvgIpc) is 3.15. The number of nitrogens with one attached hydrogen (secondary N) is 1. The van der Waals surface area contributed by atoms with E-state index >= 15 is 0 Å². The largest absolute Gasteiger partial charge is 0.350 e. The predicted molar refractivity (Wildman–Crippen MR) is 79.3 cm³/mol. The summed E-state index contributed by atoms with van der Waals surface area (Å²) < 4.78 is 1.90. The monoisotopic (exact) mass is 288 g/mol. The summed E-state index contributed by atoms with van der Waals surface area (Å²) in [5, 5.41) is 7.48. The lowest BCUT2D eigenvalue weighted by atomic mass is 9.72. The number of fused-ring (bicyclic) bond motifs is 1. The molecule has 0 radical (unpaired) electrons. The van der Waals surface area contributed by atoms with Crippen molar-refractivity contribution in [3.05, 3.63) is 17.5 Å². The molecular formula is C16H24N4O. The fraction of sp³-hybridized carbons (Fsp3) is 0.750. The first-order valence-electron chi connectivity index (χ1n) is 8.17. The standard InChI is InChI=1S/C16H24N4O/c1-20-15(13(7-19-20)9-2-3-9)8-18-16(21)11-4-10-6-14(17)12(10)5-11/h7,9-12,14H,2-6,8,17H2,1H3,(H,18,21). The van der Waals surface area contributed by atoms with Crippen LogP contribution in [0.4, 0.5) is 0 Å². The SMILES string of the molecule is Cn1ncc(C2CC2)c1CNC(=O)C1CC2CC(N)C2C1. The lowest BCUT2D eigenvalue weighted by Gasteiger charge is -2.37. The topological polar surface area (TPSA) is 72.9 Å². The van der Waals surface area contributed by atoms with Gasteiger partial charge in [-0.3, -0.25) is 9.48 Å². The molecule has 1 heterocycles. The van der Waals surface area contributed by atoms with Gasteiger partial charge in [-0.15, -0.1) is 0 Å². The van der Waals surface area contributed by atoms with Crippen molar-refractivity contribution in [2.75, 3.05) is 0 Å². The van der Waals surface area contributed by atoms with Crippen molar-refractivity contribution >= 4 is 5.91 Å². The number of carbonyl (C=O) groups is 1. The van der Waals surface area contributed by atoms with Crippen LogP contribution in [0.15, 0.2) is 6.20 Å². The van der Waals surface area contributed by atoms with Crippen molar-refractivity contribution in [3.63, 3.8) is 0 Å². The van der Waals surface area contributed by atoms with Crippen LogP contribution in [-0.2, 0) is 18.4 Å². The maximum Gasteiger partial charge on any atom is 0.223 e. The van der Waals surface area contributed by atoms with Crippen molar-refractivity contribution in [3.8, 4) is 0 Å². The van der Waals surface area contributed by atoms with Gasteiger partial charge >= 0.3 is 0 Å². The van der Waals surface area contributed by atoms with Gasteiger partial charge in [0.15, 0.2) is 0 Å². The summed E-state index contributed by atoms with van der Waals surface area (Å²) in [5.74, 6) is 2.35. The minimum Gasteiger partial charge on any atom is -0.350 e. The van der Waals surface area contributed by atoms with E-state index < -0.39 is 0 Å². The first kappa shape index (κ1) is 13.3. The third-order valence-electron chi connectivity index (χ3n) is 5.79. The fourth-order valence-electron chi connectivity index (χ4n) is 4.24. The van der Waals surface area contributed by atoms with Crippen LogP contribution in [0.2, 0.25) is 0 Å². The van der Waals surface area contributed by atoms with Gasteiger partial charge in [0.25, 0.3) is 0 Å². The Labute approximate surface area is 125 Å². The molecule has 5 nitrogen and oxygen atoms in total. The molecule has 0 saturated heterocycles. The van der Waals surface area contributed by atoms with E-state index in [2.05, 4.69) is 10.4 Å². The second-order valence-electron chi connectivity index (χ2n) is 7.15. The summed E-state index contributed by atoms with van der Waals surface area (Å²) in [4.78, 5) is 12.4. The summed E-state index contributed by atoms with van der Waals surface area (Å²) in [6.07, 6.45) is 7.62. The molecule has 0 aromatic carbocycles. The fourth-order valence-corrected chi connectivity index (χ4v) is 4.24. The second-order valence-corrected chi connectivity index (χ2v) is 7.15. The van der Waals surface area contributed by atoms with E-state index in [9.17, 15) is 4.79 Å². The van der Waals surface area contributed by atoms with Crippen LogP contribution in [0.5, 0.6) is 0 Å². The Balaban J connectivity index is 1.36. The van der Waals surface area contributed by atoms with Gasteiger partial charge in [-0.05, 0) is 55.4 Å². The average molecular weight is 288 g/mol. The lowest BCUT2D eigenvalue weighted by Crippen LogP contribution is -2.44. The Morgan fingerprint density at radius 1 is 1.43 bits per heavy atom. The molecule has 4 rings (SSSR count). The Morgan fingerprint density at radius 3 is 2.90 bits per heavy atom. The van der Waals surface area contributed by atoms with Crippen LogP contribution in [-0.4, -0.2) is 21.7 Å². The molecule has 0 spiro atoms. The molecule has 21 heavy (non-hydrogen) atoms. The molecule has 114 valence electrons. The Hall–Kier alpha value is -1.36. The number of amides is 1. The van der Waals surface area contributed by atoms with Crippen molar-refractivity contribution in [2.24, 2.45) is 30.5 Å². The molecule has 3 saturated carbocycles. The summed E-state index contributed by atoms with van der Waals surface area (Å²) in [5.41, 5.74) is 8.51. The van der Waals surface area contributed by atoms with Crippen molar-refractivity contribution < 1.29 is 4.79 Å². The first-order chi connectivity index (χ1) is 10.1. The number of nitrogens with two attached hydrogens (primary N) is 1. The van der Waals surface area contributed by atoms with Gasteiger partial charge < -0.3 is 11.1 Å². The Kier molecular flexibility index (Phi) is 3.06. The zero-order valence-electron chi connectivity index (χ0n) is 12.6. The molecule has 3 N–H and O–H groups in total. The van der Waals surface area contributed by atoms with E-state index in [1.807, 2.05) is 17.9 Å². The summed E-state index contributed by atoms with van der Waals surface area (Å²) >= 11 is 0. The van der Waals surface area contributed by atoms with Crippen molar-refractivity contribution in [1.82, 2.24) is 15.1 Å². The zero-order chi connectivity index (χ0) is 14.6. The van der Waals surface area contributed by atoms with E-state index in [1.54, 1.807) is 0 Å². The summed E-state index contributed by atoms with van der Waals surface area (Å²) in [7, 11) is 1.96. The van der Waals surface area contributed by atoms with Crippen LogP contribution in [0.3, 0.4) is 0 Å². The maximum absolute atomic E-state index is 12.4. The normalized spacial score (nSPS) is 34.4. The quantitative estimate of drug-likeness (QED) is 0.877. The van der Waals surface area contributed by atoms with Gasteiger partial charge in [-0.1, -0.05) is 0 Å². The van der Waals surface area contributed by atoms with E-state index in [-0.39, 0.29) is 11.8 Å². The van der Waals surface area contributed by atoms with Crippen molar-refractivity contribution in [2.45, 2.75) is 50.6 Å². The molecule has 1 aromatic rings. The lowest BCUT2D eigenvalue weighted by molar-refractivity contribution is -0.125.